The normalized spacial score (nSPS) is 10.9. The van der Waals surface area contributed by atoms with Crippen molar-refractivity contribution >= 4 is 52.5 Å². The van der Waals surface area contributed by atoms with E-state index in [2.05, 4.69) is 10.6 Å². The third kappa shape index (κ3) is 6.61. The second-order valence-electron chi connectivity index (χ2n) is 7.44. The van der Waals surface area contributed by atoms with Crippen LogP contribution in [0.4, 0.5) is 11.4 Å². The Balaban J connectivity index is 1.77. The molecule has 0 atom stereocenters. The summed E-state index contributed by atoms with van der Waals surface area (Å²) in [6, 6.07) is 19.0. The molecule has 3 aromatic carbocycles. The summed E-state index contributed by atoms with van der Waals surface area (Å²) in [7, 11) is 0. The van der Waals surface area contributed by atoms with Gasteiger partial charge in [-0.3, -0.25) is 9.59 Å². The lowest BCUT2D eigenvalue weighted by Crippen LogP contribution is -2.21. The number of nitrogens with one attached hydrogen (secondary N) is 2. The van der Waals surface area contributed by atoms with Crippen LogP contribution in [0.5, 0.6) is 5.75 Å². The van der Waals surface area contributed by atoms with Crippen molar-refractivity contribution in [2.75, 3.05) is 17.2 Å². The molecule has 0 aliphatic rings. The Morgan fingerprint density at radius 1 is 1.00 bits per heavy atom. The molecule has 0 aliphatic carbocycles. The lowest BCUT2D eigenvalue weighted by Gasteiger charge is -2.12. The molecule has 2 N–H and O–H groups in total. The topological polar surface area (TPSA) is 91.2 Å². The molecule has 0 unspecified atom stereocenters. The van der Waals surface area contributed by atoms with Gasteiger partial charge < -0.3 is 15.4 Å². The number of ether oxygens (including phenoxy) is 1. The average Bonchev–Trinajstić information content (AvgIpc) is 2.80. The lowest BCUT2D eigenvalue weighted by molar-refractivity contribution is -0.118. The van der Waals surface area contributed by atoms with Crippen LogP contribution in [-0.4, -0.2) is 18.4 Å². The van der Waals surface area contributed by atoms with E-state index in [1.807, 2.05) is 38.1 Å². The van der Waals surface area contributed by atoms with Crippen LogP contribution < -0.4 is 15.4 Å². The molecule has 0 bridgehead atoms. The molecule has 0 saturated heterocycles. The predicted octanol–water partition coefficient (Wildman–Crippen LogP) is 6.17. The number of hydrogen-bond donors (Lipinski definition) is 2. The highest BCUT2D eigenvalue weighted by Crippen LogP contribution is 2.27. The van der Waals surface area contributed by atoms with Crippen molar-refractivity contribution in [2.45, 2.75) is 13.8 Å². The van der Waals surface area contributed by atoms with Crippen LogP contribution in [0.15, 0.2) is 66.2 Å². The van der Waals surface area contributed by atoms with E-state index < -0.39 is 5.91 Å². The van der Waals surface area contributed by atoms with Crippen LogP contribution in [0.1, 0.15) is 16.7 Å². The minimum atomic E-state index is -0.644. The number of carbonyl (C=O) groups excluding carboxylic acids is 2. The van der Waals surface area contributed by atoms with Crippen molar-refractivity contribution < 1.29 is 14.3 Å². The van der Waals surface area contributed by atoms with Gasteiger partial charge in [0, 0.05) is 16.3 Å². The summed E-state index contributed by atoms with van der Waals surface area (Å²) in [5.74, 6) is -0.705. The summed E-state index contributed by atoms with van der Waals surface area (Å²) in [5.41, 5.74) is 3.21. The summed E-state index contributed by atoms with van der Waals surface area (Å²) in [5, 5.41) is 15.7. The van der Waals surface area contributed by atoms with Crippen LogP contribution in [0, 0.1) is 25.2 Å². The lowest BCUT2D eigenvalue weighted by atomic mass is 10.1. The van der Waals surface area contributed by atoms with Gasteiger partial charge in [-0.15, -0.1) is 0 Å². The number of nitriles is 1. The van der Waals surface area contributed by atoms with Crippen molar-refractivity contribution in [3.63, 3.8) is 0 Å². The molecule has 0 fully saturated rings. The van der Waals surface area contributed by atoms with E-state index in [9.17, 15) is 14.9 Å². The summed E-state index contributed by atoms with van der Waals surface area (Å²) in [4.78, 5) is 25.1. The molecular weight excluding hydrogens is 473 g/mol. The van der Waals surface area contributed by atoms with E-state index in [-0.39, 0.29) is 18.1 Å². The number of amides is 2. The third-order valence-corrected chi connectivity index (χ3v) is 5.35. The van der Waals surface area contributed by atoms with Gasteiger partial charge in [0.2, 0.25) is 0 Å². The van der Waals surface area contributed by atoms with E-state index in [1.54, 1.807) is 42.5 Å². The van der Waals surface area contributed by atoms with Crippen LogP contribution in [-0.2, 0) is 9.59 Å². The smallest absolute Gasteiger partial charge is 0.266 e. The highest BCUT2D eigenvalue weighted by Gasteiger charge is 2.14. The van der Waals surface area contributed by atoms with Crippen molar-refractivity contribution in [3.8, 4) is 11.8 Å². The first-order valence-electron chi connectivity index (χ1n) is 10.2. The number of benzene rings is 3. The summed E-state index contributed by atoms with van der Waals surface area (Å²) in [6.07, 6.45) is 1.34. The fraction of sp³-hybridized carbons (Fsp3) is 0.115. The standard InChI is InChI=1S/C26H21Cl2N3O3/c1-16-7-8-17(2)23(11-16)30-25(32)15-34-24-10-9-20(27)13-18(24)12-19(14-29)26(33)31-22-6-4-3-5-21(22)28/h3-13H,15H2,1-2H3,(H,30,32)(H,31,33)/b19-12+. The van der Waals surface area contributed by atoms with Crippen molar-refractivity contribution in [2.24, 2.45) is 0 Å². The maximum atomic E-state index is 12.6. The minimum Gasteiger partial charge on any atom is -0.483 e. The molecule has 3 aromatic rings. The molecule has 0 aliphatic heterocycles. The molecule has 0 saturated carbocycles. The van der Waals surface area contributed by atoms with Gasteiger partial charge in [-0.25, -0.2) is 0 Å². The van der Waals surface area contributed by atoms with E-state index >= 15 is 0 Å². The first kappa shape index (κ1) is 24.8. The Morgan fingerprint density at radius 2 is 1.76 bits per heavy atom. The molecule has 8 heteroatoms. The largest absolute Gasteiger partial charge is 0.483 e. The zero-order valence-corrected chi connectivity index (χ0v) is 20.0. The molecule has 34 heavy (non-hydrogen) atoms. The van der Waals surface area contributed by atoms with Gasteiger partial charge in [-0.05, 0) is 67.4 Å². The van der Waals surface area contributed by atoms with Gasteiger partial charge >= 0.3 is 0 Å². The van der Waals surface area contributed by atoms with E-state index in [4.69, 9.17) is 27.9 Å². The monoisotopic (exact) mass is 493 g/mol. The van der Waals surface area contributed by atoms with E-state index in [0.717, 1.165) is 11.1 Å². The number of nitrogens with zero attached hydrogens (tertiary/aromatic N) is 1. The molecule has 0 heterocycles. The SMILES string of the molecule is Cc1ccc(C)c(NC(=O)COc2ccc(Cl)cc2/C=C(\C#N)C(=O)Nc2ccccc2Cl)c1. The van der Waals surface area contributed by atoms with Crippen molar-refractivity contribution in [1.82, 2.24) is 0 Å². The number of rotatable bonds is 7. The Labute approximate surface area is 207 Å². The van der Waals surface area contributed by atoms with Gasteiger partial charge in [0.1, 0.15) is 17.4 Å². The van der Waals surface area contributed by atoms with Crippen LogP contribution in [0.25, 0.3) is 6.08 Å². The first-order chi connectivity index (χ1) is 16.3. The van der Waals surface area contributed by atoms with Crippen molar-refractivity contribution in [1.29, 1.82) is 5.26 Å². The van der Waals surface area contributed by atoms with E-state index in [1.165, 1.54) is 6.08 Å². The Kier molecular flexibility index (Phi) is 8.31. The van der Waals surface area contributed by atoms with Gasteiger partial charge in [0.15, 0.2) is 6.61 Å². The predicted molar refractivity (Wildman–Crippen MR) is 135 cm³/mol. The molecule has 0 aromatic heterocycles. The number of anilines is 2. The molecular formula is C26H21Cl2N3O3. The number of halogens is 2. The fourth-order valence-corrected chi connectivity index (χ4v) is 3.38. The Bertz CT molecular complexity index is 1310. The second-order valence-corrected chi connectivity index (χ2v) is 8.28. The molecule has 6 nitrogen and oxygen atoms in total. The zero-order chi connectivity index (χ0) is 24.7. The molecule has 0 spiro atoms. The number of carbonyl (C=O) groups is 2. The summed E-state index contributed by atoms with van der Waals surface area (Å²) in [6.45, 7) is 3.56. The zero-order valence-electron chi connectivity index (χ0n) is 18.5. The van der Waals surface area contributed by atoms with Gasteiger partial charge in [-0.2, -0.15) is 5.26 Å². The minimum absolute atomic E-state index is 0.188. The number of hydrogen-bond acceptors (Lipinski definition) is 4. The maximum absolute atomic E-state index is 12.6. The quantitative estimate of drug-likeness (QED) is 0.304. The van der Waals surface area contributed by atoms with Crippen LogP contribution >= 0.6 is 23.2 Å². The Morgan fingerprint density at radius 3 is 2.50 bits per heavy atom. The van der Waals surface area contributed by atoms with Gasteiger partial charge in [-0.1, -0.05) is 47.5 Å². The fourth-order valence-electron chi connectivity index (χ4n) is 3.02. The molecule has 3 rings (SSSR count). The number of para-hydroxylation sites is 1. The van der Waals surface area contributed by atoms with Gasteiger partial charge in [0.05, 0.1) is 10.7 Å². The van der Waals surface area contributed by atoms with Crippen LogP contribution in [0.2, 0.25) is 10.0 Å². The third-order valence-electron chi connectivity index (χ3n) is 4.78. The highest BCUT2D eigenvalue weighted by atomic mass is 35.5. The van der Waals surface area contributed by atoms with Crippen molar-refractivity contribution in [3.05, 3.63) is 93.0 Å². The highest BCUT2D eigenvalue weighted by molar-refractivity contribution is 6.34. The Hall–Kier alpha value is -3.79. The first-order valence-corrected chi connectivity index (χ1v) is 11.0. The summed E-state index contributed by atoms with van der Waals surface area (Å²) >= 11 is 12.2. The van der Waals surface area contributed by atoms with Gasteiger partial charge in [0.25, 0.3) is 11.8 Å². The number of aryl methyl sites for hydroxylation is 2. The van der Waals surface area contributed by atoms with E-state index in [0.29, 0.717) is 32.7 Å². The summed E-state index contributed by atoms with van der Waals surface area (Å²) < 4.78 is 5.68. The molecule has 2 amide bonds. The average molecular weight is 494 g/mol. The molecule has 0 radical (unpaired) electrons. The van der Waals surface area contributed by atoms with Crippen LogP contribution in [0.3, 0.4) is 0 Å². The maximum Gasteiger partial charge on any atom is 0.266 e. The second kappa shape index (κ2) is 11.4. The molecule has 172 valence electrons.